The summed E-state index contributed by atoms with van der Waals surface area (Å²) in [5, 5.41) is 0. The van der Waals surface area contributed by atoms with Crippen molar-refractivity contribution >= 4 is 15.9 Å². The van der Waals surface area contributed by atoms with Crippen molar-refractivity contribution in [3.05, 3.63) is 58.1 Å². The fraction of sp³-hybridized carbons (Fsp3) is 0.143. The van der Waals surface area contributed by atoms with Crippen LogP contribution in [0.4, 0.5) is 8.78 Å². The number of nitrogens with two attached hydrogens (primary N) is 1. The van der Waals surface area contributed by atoms with E-state index in [9.17, 15) is 8.78 Å². The van der Waals surface area contributed by atoms with Crippen LogP contribution in [0, 0.1) is 11.6 Å². The van der Waals surface area contributed by atoms with Gasteiger partial charge in [-0.2, -0.15) is 0 Å². The molecule has 2 aromatic carbocycles. The van der Waals surface area contributed by atoms with Crippen LogP contribution in [0.15, 0.2) is 40.9 Å². The Labute approximate surface area is 118 Å². The van der Waals surface area contributed by atoms with Gasteiger partial charge in [0.1, 0.15) is 11.6 Å². The fourth-order valence-electron chi connectivity index (χ4n) is 1.67. The summed E-state index contributed by atoms with van der Waals surface area (Å²) in [5.74, 6) is -0.361. The van der Waals surface area contributed by atoms with Crippen molar-refractivity contribution in [3.63, 3.8) is 0 Å². The molecule has 0 aliphatic carbocycles. The van der Waals surface area contributed by atoms with Gasteiger partial charge < -0.3 is 10.5 Å². The average Bonchev–Trinajstić information content (AvgIpc) is 2.37. The van der Waals surface area contributed by atoms with Crippen molar-refractivity contribution in [2.75, 3.05) is 6.54 Å². The number of hydrogen-bond acceptors (Lipinski definition) is 2. The minimum absolute atomic E-state index is 0.0826. The van der Waals surface area contributed by atoms with E-state index in [4.69, 9.17) is 10.5 Å². The molecule has 2 N–H and O–H groups in total. The first-order chi connectivity index (χ1) is 9.10. The van der Waals surface area contributed by atoms with Crippen molar-refractivity contribution in [1.82, 2.24) is 0 Å². The summed E-state index contributed by atoms with van der Waals surface area (Å²) in [6, 6.07) is 8.48. The smallest absolute Gasteiger partial charge is 0.165 e. The molecule has 0 fully saturated rings. The first-order valence-electron chi connectivity index (χ1n) is 5.71. The number of ether oxygens (including phenoxy) is 1. The van der Waals surface area contributed by atoms with Gasteiger partial charge in [-0.25, -0.2) is 8.78 Å². The summed E-state index contributed by atoms with van der Waals surface area (Å²) in [4.78, 5) is 0. The molecule has 0 unspecified atom stereocenters. The van der Waals surface area contributed by atoms with Gasteiger partial charge in [0.15, 0.2) is 11.6 Å². The highest BCUT2D eigenvalue weighted by Crippen LogP contribution is 2.30. The number of halogens is 3. The SMILES string of the molecule is NCCc1cc(F)ccc1Oc1cc(Br)ccc1F. The predicted octanol–water partition coefficient (Wildman–Crippen LogP) is 4.02. The normalized spacial score (nSPS) is 10.5. The van der Waals surface area contributed by atoms with Crippen molar-refractivity contribution in [2.24, 2.45) is 5.73 Å². The van der Waals surface area contributed by atoms with Gasteiger partial charge in [-0.3, -0.25) is 0 Å². The Hall–Kier alpha value is -1.46. The van der Waals surface area contributed by atoms with Crippen LogP contribution in [0.2, 0.25) is 0 Å². The Morgan fingerprint density at radius 1 is 1.05 bits per heavy atom. The maximum Gasteiger partial charge on any atom is 0.165 e. The Morgan fingerprint density at radius 2 is 1.84 bits per heavy atom. The van der Waals surface area contributed by atoms with Gasteiger partial charge in [0.05, 0.1) is 0 Å². The van der Waals surface area contributed by atoms with E-state index in [2.05, 4.69) is 15.9 Å². The highest BCUT2D eigenvalue weighted by Gasteiger charge is 2.10. The first-order valence-corrected chi connectivity index (χ1v) is 6.51. The molecule has 2 nitrogen and oxygen atoms in total. The predicted molar refractivity (Wildman–Crippen MR) is 73.3 cm³/mol. The summed E-state index contributed by atoms with van der Waals surface area (Å²) < 4.78 is 33.0. The number of rotatable bonds is 4. The highest BCUT2D eigenvalue weighted by molar-refractivity contribution is 9.10. The van der Waals surface area contributed by atoms with Crippen molar-refractivity contribution in [1.29, 1.82) is 0 Å². The Kier molecular flexibility index (Phi) is 4.50. The van der Waals surface area contributed by atoms with Crippen LogP contribution in [0.25, 0.3) is 0 Å². The van der Waals surface area contributed by atoms with Gasteiger partial charge >= 0.3 is 0 Å². The van der Waals surface area contributed by atoms with E-state index < -0.39 is 5.82 Å². The maximum atomic E-state index is 13.6. The summed E-state index contributed by atoms with van der Waals surface area (Å²) >= 11 is 3.24. The molecular weight excluding hydrogens is 316 g/mol. The molecule has 0 radical (unpaired) electrons. The zero-order chi connectivity index (χ0) is 13.8. The zero-order valence-corrected chi connectivity index (χ0v) is 11.6. The van der Waals surface area contributed by atoms with Gasteiger partial charge in [0.25, 0.3) is 0 Å². The van der Waals surface area contributed by atoms with E-state index in [0.717, 1.165) is 0 Å². The van der Waals surface area contributed by atoms with Crippen LogP contribution < -0.4 is 10.5 Å². The summed E-state index contributed by atoms with van der Waals surface area (Å²) in [6.07, 6.45) is 0.461. The van der Waals surface area contributed by atoms with Gasteiger partial charge in [-0.15, -0.1) is 0 Å². The molecule has 0 saturated carbocycles. The van der Waals surface area contributed by atoms with Gasteiger partial charge in [-0.05, 0) is 54.9 Å². The monoisotopic (exact) mass is 327 g/mol. The topological polar surface area (TPSA) is 35.2 Å². The standard InChI is InChI=1S/C14H12BrF2NO/c15-10-1-3-12(17)14(8-10)19-13-4-2-11(16)7-9(13)5-6-18/h1-4,7-8H,5-6,18H2. The number of hydrogen-bond donors (Lipinski definition) is 1. The molecule has 5 heteroatoms. The van der Waals surface area contributed by atoms with Gasteiger partial charge in [0.2, 0.25) is 0 Å². The lowest BCUT2D eigenvalue weighted by atomic mass is 10.1. The quantitative estimate of drug-likeness (QED) is 0.920. The Bertz CT molecular complexity index is 590. The molecule has 100 valence electrons. The van der Waals surface area contributed by atoms with E-state index in [1.54, 1.807) is 6.07 Å². The molecule has 0 amide bonds. The highest BCUT2D eigenvalue weighted by atomic mass is 79.9. The van der Waals surface area contributed by atoms with E-state index in [1.807, 2.05) is 0 Å². The second-order valence-electron chi connectivity index (χ2n) is 3.97. The lowest BCUT2D eigenvalue weighted by Crippen LogP contribution is -2.04. The van der Waals surface area contributed by atoms with Crippen molar-refractivity contribution in [2.45, 2.75) is 6.42 Å². The van der Waals surface area contributed by atoms with Crippen LogP contribution in [-0.4, -0.2) is 6.54 Å². The van der Waals surface area contributed by atoms with Crippen LogP contribution >= 0.6 is 15.9 Å². The molecule has 0 saturated heterocycles. The van der Waals surface area contributed by atoms with Crippen LogP contribution in [-0.2, 0) is 6.42 Å². The molecule has 0 spiro atoms. The third-order valence-electron chi connectivity index (χ3n) is 2.55. The van der Waals surface area contributed by atoms with Crippen molar-refractivity contribution < 1.29 is 13.5 Å². The lowest BCUT2D eigenvalue weighted by molar-refractivity contribution is 0.436. The molecule has 0 aliphatic rings. The Balaban J connectivity index is 2.34. The maximum absolute atomic E-state index is 13.6. The fourth-order valence-corrected chi connectivity index (χ4v) is 2.01. The largest absolute Gasteiger partial charge is 0.454 e. The van der Waals surface area contributed by atoms with E-state index in [-0.39, 0.29) is 11.6 Å². The zero-order valence-electron chi connectivity index (χ0n) is 10.00. The molecular formula is C14H12BrF2NO. The summed E-state index contributed by atoms with van der Waals surface area (Å²) in [6.45, 7) is 0.362. The number of benzene rings is 2. The first kappa shape index (κ1) is 14.0. The minimum atomic E-state index is -0.480. The molecule has 0 aliphatic heterocycles. The Morgan fingerprint density at radius 3 is 2.58 bits per heavy atom. The van der Waals surface area contributed by atoms with Crippen LogP contribution in [0.5, 0.6) is 11.5 Å². The van der Waals surface area contributed by atoms with Gasteiger partial charge in [-0.1, -0.05) is 15.9 Å². The second-order valence-corrected chi connectivity index (χ2v) is 4.88. The molecule has 2 rings (SSSR count). The van der Waals surface area contributed by atoms with Gasteiger partial charge in [0, 0.05) is 4.47 Å². The summed E-state index contributed by atoms with van der Waals surface area (Å²) in [5.41, 5.74) is 6.08. The molecule has 0 bridgehead atoms. The van der Waals surface area contributed by atoms with Crippen molar-refractivity contribution in [3.8, 4) is 11.5 Å². The minimum Gasteiger partial charge on any atom is -0.454 e. The van der Waals surface area contributed by atoms with E-state index in [1.165, 1.54) is 30.3 Å². The van der Waals surface area contributed by atoms with E-state index >= 15 is 0 Å². The van der Waals surface area contributed by atoms with Crippen LogP contribution in [0.3, 0.4) is 0 Å². The molecule has 0 heterocycles. The average molecular weight is 328 g/mol. The summed E-state index contributed by atoms with van der Waals surface area (Å²) in [7, 11) is 0. The third kappa shape index (κ3) is 3.52. The lowest BCUT2D eigenvalue weighted by Gasteiger charge is -2.11. The van der Waals surface area contributed by atoms with Crippen LogP contribution in [0.1, 0.15) is 5.56 Å². The third-order valence-corrected chi connectivity index (χ3v) is 3.04. The molecule has 0 atom stereocenters. The molecule has 2 aromatic rings. The molecule has 0 aromatic heterocycles. The van der Waals surface area contributed by atoms with E-state index in [0.29, 0.717) is 28.8 Å². The molecule has 19 heavy (non-hydrogen) atoms. The second kappa shape index (κ2) is 6.12.